The van der Waals surface area contributed by atoms with Gasteiger partial charge in [0.15, 0.2) is 17.4 Å². The molecule has 1 unspecified atom stereocenters. The molecule has 0 aliphatic heterocycles. The average molecular weight is 499 g/mol. The van der Waals surface area contributed by atoms with E-state index in [0.717, 1.165) is 48.1 Å². The molecule has 0 aliphatic rings. The number of aryl methyl sites for hydroxylation is 1. The van der Waals surface area contributed by atoms with E-state index in [-0.39, 0.29) is 51.4 Å². The third kappa shape index (κ3) is 10.5. The Morgan fingerprint density at radius 2 is 1.77 bits per heavy atom. The number of ether oxygens (including phenoxy) is 1. The van der Waals surface area contributed by atoms with Crippen molar-refractivity contribution in [2.24, 2.45) is 5.92 Å². The Morgan fingerprint density at radius 3 is 2.31 bits per heavy atom. The van der Waals surface area contributed by atoms with Crippen LogP contribution in [0.4, 0.5) is 5.82 Å². The first-order valence-corrected chi connectivity index (χ1v) is 11.5. The quantitative estimate of drug-likeness (QED) is 0.244. The summed E-state index contributed by atoms with van der Waals surface area (Å²) in [6.07, 6.45) is 8.53. The molecular weight excluding hydrogens is 463 g/mol. The topological polar surface area (TPSA) is 68.2 Å². The van der Waals surface area contributed by atoms with Crippen molar-refractivity contribution >= 4 is 12.2 Å². The molecule has 3 rings (SSSR count). The number of hydrogen-bond acceptors (Lipinski definition) is 5. The molecule has 1 aromatic carbocycles. The Labute approximate surface area is 253 Å². The minimum Gasteiger partial charge on any atom is -0.493 e. The second kappa shape index (κ2) is 16.9. The fraction of sp³-hybridized carbons (Fsp3) is 0.321. The summed E-state index contributed by atoms with van der Waals surface area (Å²) in [5.74, 6) is 2.01. The van der Waals surface area contributed by atoms with Gasteiger partial charge in [0.05, 0.1) is 13.7 Å². The van der Waals surface area contributed by atoms with E-state index in [1.807, 2.05) is 55.7 Å². The first-order valence-electron chi connectivity index (χ1n) is 11.5. The van der Waals surface area contributed by atoms with Crippen LogP contribution in [0.2, 0.25) is 0 Å². The van der Waals surface area contributed by atoms with Crippen LogP contribution < -0.4 is 61.0 Å². The first kappa shape index (κ1) is 31.4. The van der Waals surface area contributed by atoms with Gasteiger partial charge in [0.1, 0.15) is 0 Å². The number of anilines is 1. The molecule has 2 heterocycles. The number of pyridine rings is 1. The van der Waals surface area contributed by atoms with Gasteiger partial charge in [0.25, 0.3) is 0 Å². The van der Waals surface area contributed by atoms with Crippen LogP contribution in [-0.4, -0.2) is 28.5 Å². The van der Waals surface area contributed by atoms with E-state index in [1.54, 1.807) is 7.11 Å². The number of unbranched alkanes of at least 4 members (excludes halogenated alkanes) is 2. The van der Waals surface area contributed by atoms with Crippen LogP contribution in [0.3, 0.4) is 0 Å². The van der Waals surface area contributed by atoms with Crippen molar-refractivity contribution in [1.29, 1.82) is 0 Å². The van der Waals surface area contributed by atoms with E-state index < -0.39 is 0 Å². The number of hydrogen-bond donors (Lipinski definition) is 0. The van der Waals surface area contributed by atoms with Crippen LogP contribution in [0.15, 0.2) is 48.8 Å². The summed E-state index contributed by atoms with van der Waals surface area (Å²) < 4.78 is 5.36. The number of rotatable bonds is 10. The molecule has 35 heavy (non-hydrogen) atoms. The number of carbonyl (C=O) groups is 1. The maximum absolute atomic E-state index is 11.8. The van der Waals surface area contributed by atoms with Gasteiger partial charge in [0, 0.05) is 23.7 Å². The van der Waals surface area contributed by atoms with Crippen LogP contribution in [0.5, 0.6) is 5.75 Å². The van der Waals surface area contributed by atoms with Crippen LogP contribution in [-0.2, 0) is 17.8 Å². The number of aromatic nitrogens is 3. The maximum Gasteiger partial charge on any atom is 1.00 e. The standard InChI is InChI=1S/C23H25N4O2.C5H10.K/c1-16(2)10-19-12-24-22(25-13-19)20-7-5-6-18(11-20)14-27(15-28)23-21(29-4)9-8-17(3)26-23;1-3-5-4-2;/h5-9,11-13,15-16H,1,10,14H2,2-4H3;1-5H2;/q-1;-2;+1. The van der Waals surface area contributed by atoms with Gasteiger partial charge < -0.3 is 25.5 Å². The molecule has 0 fully saturated rings. The van der Waals surface area contributed by atoms with E-state index in [2.05, 4.69) is 42.6 Å². The molecule has 7 heteroatoms. The third-order valence-corrected chi connectivity index (χ3v) is 4.93. The molecule has 6 nitrogen and oxygen atoms in total. The van der Waals surface area contributed by atoms with E-state index in [1.165, 1.54) is 11.3 Å². The summed E-state index contributed by atoms with van der Waals surface area (Å²) in [5.41, 5.74) is 3.72. The van der Waals surface area contributed by atoms with Gasteiger partial charge in [-0.1, -0.05) is 25.1 Å². The average Bonchev–Trinajstić information content (AvgIpc) is 2.84. The van der Waals surface area contributed by atoms with Gasteiger partial charge in [0.2, 0.25) is 6.41 Å². The molecular formula is C28H35KN4O2-2. The zero-order valence-electron chi connectivity index (χ0n) is 21.5. The largest absolute Gasteiger partial charge is 1.00 e. The number of nitrogens with zero attached hydrogens (tertiary/aromatic N) is 4. The zero-order chi connectivity index (χ0) is 24.9. The summed E-state index contributed by atoms with van der Waals surface area (Å²) in [7, 11) is 1.57. The van der Waals surface area contributed by atoms with Gasteiger partial charge in [-0.25, -0.2) is 15.0 Å². The van der Waals surface area contributed by atoms with E-state index in [9.17, 15) is 4.79 Å². The van der Waals surface area contributed by atoms with Gasteiger partial charge in [-0.15, -0.1) is 6.42 Å². The SMILES string of the molecule is [CH2-]C(C)Cc1cnc(-c2cccc(CN(C=O)c3nc(C)ccc3OC)c2)nc1.[CH2-]CCC[CH2-].[K+]. The smallest absolute Gasteiger partial charge is 0.493 e. The Balaban J connectivity index is 0.000000927. The fourth-order valence-electron chi connectivity index (χ4n) is 3.25. The molecule has 2 aromatic heterocycles. The molecule has 0 spiro atoms. The van der Waals surface area contributed by atoms with Gasteiger partial charge in [-0.2, -0.15) is 18.8 Å². The number of benzene rings is 1. The van der Waals surface area contributed by atoms with Gasteiger partial charge >= 0.3 is 51.4 Å². The maximum atomic E-state index is 11.8. The second-order valence-electron chi connectivity index (χ2n) is 8.20. The van der Waals surface area contributed by atoms with Crippen molar-refractivity contribution in [2.45, 2.75) is 46.1 Å². The normalized spacial score (nSPS) is 10.9. The molecule has 0 N–H and O–H groups in total. The van der Waals surface area contributed by atoms with Crippen molar-refractivity contribution in [1.82, 2.24) is 15.0 Å². The fourth-order valence-corrected chi connectivity index (χ4v) is 3.25. The molecule has 0 aliphatic carbocycles. The summed E-state index contributed by atoms with van der Waals surface area (Å²) in [6.45, 7) is 15.6. The van der Waals surface area contributed by atoms with Gasteiger partial charge in [-0.3, -0.25) is 9.69 Å². The molecule has 0 bridgehead atoms. The predicted octanol–water partition coefficient (Wildman–Crippen LogP) is 2.86. The monoisotopic (exact) mass is 498 g/mol. The first-order chi connectivity index (χ1) is 16.4. The Hall–Kier alpha value is -1.64. The Kier molecular flexibility index (Phi) is 15.2. The molecule has 3 aromatic rings. The molecule has 1 atom stereocenters. The Bertz CT molecular complexity index is 1020. The van der Waals surface area contributed by atoms with E-state index in [4.69, 9.17) is 4.74 Å². The summed E-state index contributed by atoms with van der Waals surface area (Å²) in [4.78, 5) is 26.7. The summed E-state index contributed by atoms with van der Waals surface area (Å²) in [6, 6.07) is 11.5. The van der Waals surface area contributed by atoms with Crippen LogP contribution in [0.1, 0.15) is 43.0 Å². The van der Waals surface area contributed by atoms with Crippen molar-refractivity contribution < 1.29 is 60.9 Å². The third-order valence-electron chi connectivity index (χ3n) is 4.93. The molecule has 1 amide bonds. The van der Waals surface area contributed by atoms with E-state index >= 15 is 0 Å². The minimum absolute atomic E-state index is 0. The zero-order valence-corrected chi connectivity index (χ0v) is 24.7. The van der Waals surface area contributed by atoms with Crippen molar-refractivity contribution in [3.05, 3.63) is 86.4 Å². The van der Waals surface area contributed by atoms with Crippen LogP contribution in [0, 0.1) is 33.6 Å². The van der Waals surface area contributed by atoms with E-state index in [0.29, 0.717) is 29.9 Å². The van der Waals surface area contributed by atoms with Crippen molar-refractivity contribution in [3.63, 3.8) is 0 Å². The van der Waals surface area contributed by atoms with Crippen LogP contribution in [0.25, 0.3) is 11.4 Å². The second-order valence-corrected chi connectivity index (χ2v) is 8.20. The van der Waals surface area contributed by atoms with Gasteiger partial charge in [-0.05, 0) is 42.7 Å². The molecule has 0 radical (unpaired) electrons. The number of amides is 1. The molecule has 182 valence electrons. The molecule has 0 saturated carbocycles. The molecule has 0 saturated heterocycles. The van der Waals surface area contributed by atoms with Crippen LogP contribution >= 0.6 is 0 Å². The number of carbonyl (C=O) groups excluding carboxylic acids is 1. The van der Waals surface area contributed by atoms with Crippen molar-refractivity contribution in [2.75, 3.05) is 12.0 Å². The van der Waals surface area contributed by atoms with Crippen molar-refractivity contribution in [3.8, 4) is 17.1 Å². The minimum atomic E-state index is 0. The summed E-state index contributed by atoms with van der Waals surface area (Å²) >= 11 is 0. The summed E-state index contributed by atoms with van der Waals surface area (Å²) in [5, 5.41) is 0. The number of methoxy groups -OCH3 is 1. The Morgan fingerprint density at radius 1 is 1.09 bits per heavy atom. The predicted molar refractivity (Wildman–Crippen MR) is 138 cm³/mol.